The summed E-state index contributed by atoms with van der Waals surface area (Å²) in [6, 6.07) is 23.7. The summed E-state index contributed by atoms with van der Waals surface area (Å²) in [7, 11) is 1.52. The molecular formula is C28H23BrClN3O2. The number of hydrazone groups is 1. The fourth-order valence-corrected chi connectivity index (χ4v) is 5.08. The maximum absolute atomic E-state index is 13.0. The van der Waals surface area contributed by atoms with E-state index in [4.69, 9.17) is 26.4 Å². The van der Waals surface area contributed by atoms with Gasteiger partial charge in [0.25, 0.3) is 5.91 Å². The normalized spacial score (nSPS) is 15.5. The molecule has 4 aromatic rings. The number of benzene rings is 3. The number of methoxy groups -OCH3 is 1. The predicted molar refractivity (Wildman–Crippen MR) is 144 cm³/mol. The van der Waals surface area contributed by atoms with Crippen molar-refractivity contribution in [3.05, 3.63) is 99.1 Å². The lowest BCUT2D eigenvalue weighted by Crippen LogP contribution is -2.30. The maximum Gasteiger partial charge on any atom is 0.269 e. The first-order chi connectivity index (χ1) is 17.0. The number of aromatic nitrogens is 1. The number of amides is 1. The van der Waals surface area contributed by atoms with Gasteiger partial charge in [0.05, 0.1) is 17.3 Å². The Kier molecular flexibility index (Phi) is 6.69. The summed E-state index contributed by atoms with van der Waals surface area (Å²) in [5.74, 6) is -0.189. The molecule has 1 aliphatic rings. The first kappa shape index (κ1) is 23.7. The Morgan fingerprint density at radius 3 is 2.54 bits per heavy atom. The third-order valence-electron chi connectivity index (χ3n) is 6.17. The van der Waals surface area contributed by atoms with Crippen LogP contribution in [0.4, 0.5) is 0 Å². The number of aryl methyl sites for hydroxylation is 1. The van der Waals surface area contributed by atoms with Crippen LogP contribution in [0.25, 0.3) is 22.0 Å². The van der Waals surface area contributed by atoms with E-state index in [0.29, 0.717) is 11.4 Å². The number of halogens is 2. The molecule has 1 aliphatic heterocycles. The first-order valence-corrected chi connectivity index (χ1v) is 12.4. The lowest BCUT2D eigenvalue weighted by molar-refractivity contribution is -0.137. The van der Waals surface area contributed by atoms with Crippen molar-refractivity contribution in [1.82, 2.24) is 9.99 Å². The molecule has 1 amide bonds. The molecule has 2 heterocycles. The molecule has 3 aromatic carbocycles. The molecule has 0 saturated carbocycles. The molecule has 0 spiro atoms. The molecule has 0 N–H and O–H groups in total. The lowest BCUT2D eigenvalue weighted by Gasteiger charge is -2.21. The number of nitrogens with zero attached hydrogens (tertiary/aromatic N) is 3. The Morgan fingerprint density at radius 1 is 1.09 bits per heavy atom. The van der Waals surface area contributed by atoms with Crippen molar-refractivity contribution >= 4 is 50.1 Å². The lowest BCUT2D eigenvalue weighted by atomic mass is 9.89. The number of pyridine rings is 1. The van der Waals surface area contributed by atoms with E-state index in [1.165, 1.54) is 7.11 Å². The van der Waals surface area contributed by atoms with Gasteiger partial charge in [-0.05, 0) is 48.4 Å². The average molecular weight is 549 g/mol. The van der Waals surface area contributed by atoms with Crippen LogP contribution < -0.4 is 0 Å². The van der Waals surface area contributed by atoms with Crippen LogP contribution in [-0.2, 0) is 9.53 Å². The Hall–Kier alpha value is -3.06. The molecule has 0 fully saturated rings. The number of carbonyl (C=O) groups is 1. The zero-order valence-electron chi connectivity index (χ0n) is 19.3. The van der Waals surface area contributed by atoms with E-state index in [0.717, 1.165) is 49.0 Å². The molecule has 176 valence electrons. The van der Waals surface area contributed by atoms with Gasteiger partial charge in [-0.2, -0.15) is 5.10 Å². The monoisotopic (exact) mass is 547 g/mol. The molecule has 0 radical (unpaired) electrons. The van der Waals surface area contributed by atoms with Crippen molar-refractivity contribution < 1.29 is 9.53 Å². The van der Waals surface area contributed by atoms with Gasteiger partial charge in [-0.25, -0.2) is 5.01 Å². The third-order valence-corrected chi connectivity index (χ3v) is 6.93. The van der Waals surface area contributed by atoms with Gasteiger partial charge in [0.2, 0.25) is 0 Å². The molecule has 0 saturated heterocycles. The standard InChI is InChI=1S/C28H23BrClN3O2/c1-17-27(28(19-6-4-3-5-7-19)22-14-21(30)12-13-23(22)31-17)24-15-25(18-8-10-20(29)11-9-18)33(32-24)26(34)16-35-2/h3-14,25H,15-16H2,1-2H3. The van der Waals surface area contributed by atoms with Crippen molar-refractivity contribution in [1.29, 1.82) is 0 Å². The summed E-state index contributed by atoms with van der Waals surface area (Å²) >= 11 is 9.91. The summed E-state index contributed by atoms with van der Waals surface area (Å²) in [4.78, 5) is 17.9. The largest absolute Gasteiger partial charge is 0.375 e. The molecule has 5 rings (SSSR count). The topological polar surface area (TPSA) is 54.8 Å². The fourth-order valence-electron chi connectivity index (χ4n) is 4.64. The van der Waals surface area contributed by atoms with Gasteiger partial charge < -0.3 is 4.74 Å². The summed E-state index contributed by atoms with van der Waals surface area (Å²) in [6.45, 7) is 1.95. The first-order valence-electron chi connectivity index (χ1n) is 11.3. The van der Waals surface area contributed by atoms with Crippen LogP contribution in [0.2, 0.25) is 5.02 Å². The van der Waals surface area contributed by atoms with E-state index in [2.05, 4.69) is 28.1 Å². The average Bonchev–Trinajstić information content (AvgIpc) is 3.30. The van der Waals surface area contributed by atoms with E-state index in [1.54, 1.807) is 5.01 Å². The maximum atomic E-state index is 13.0. The van der Waals surface area contributed by atoms with Crippen molar-refractivity contribution in [2.45, 2.75) is 19.4 Å². The highest BCUT2D eigenvalue weighted by Crippen LogP contribution is 2.40. The number of rotatable bonds is 5. The molecule has 5 nitrogen and oxygen atoms in total. The minimum absolute atomic E-state index is 0.0418. The smallest absolute Gasteiger partial charge is 0.269 e. The predicted octanol–water partition coefficient (Wildman–Crippen LogP) is 6.95. The Morgan fingerprint density at radius 2 is 1.83 bits per heavy atom. The number of hydrogen-bond donors (Lipinski definition) is 0. The molecule has 1 atom stereocenters. The van der Waals surface area contributed by atoms with Crippen LogP contribution in [0.3, 0.4) is 0 Å². The molecule has 1 aromatic heterocycles. The molecule has 0 aliphatic carbocycles. The van der Waals surface area contributed by atoms with Crippen LogP contribution in [0.1, 0.15) is 29.3 Å². The highest BCUT2D eigenvalue weighted by atomic mass is 79.9. The van der Waals surface area contributed by atoms with E-state index in [9.17, 15) is 4.79 Å². The SMILES string of the molecule is COCC(=O)N1N=C(c2c(C)nc3ccc(Cl)cc3c2-c2ccccc2)CC1c1ccc(Br)cc1. The highest BCUT2D eigenvalue weighted by Gasteiger charge is 2.35. The molecule has 1 unspecified atom stereocenters. The van der Waals surface area contributed by atoms with Gasteiger partial charge in [0.15, 0.2) is 0 Å². The van der Waals surface area contributed by atoms with Crippen LogP contribution >= 0.6 is 27.5 Å². The Bertz CT molecular complexity index is 1440. The minimum atomic E-state index is -0.237. The van der Waals surface area contributed by atoms with Gasteiger partial charge in [-0.3, -0.25) is 9.78 Å². The van der Waals surface area contributed by atoms with Crippen LogP contribution in [-0.4, -0.2) is 35.3 Å². The second-order valence-electron chi connectivity index (χ2n) is 8.46. The molecule has 7 heteroatoms. The third kappa shape index (κ3) is 4.61. The van der Waals surface area contributed by atoms with Gasteiger partial charge >= 0.3 is 0 Å². The summed E-state index contributed by atoms with van der Waals surface area (Å²) in [5, 5.41) is 8.02. The number of fused-ring (bicyclic) bond motifs is 1. The quantitative estimate of drug-likeness (QED) is 0.271. The van der Waals surface area contributed by atoms with E-state index >= 15 is 0 Å². The fraction of sp³-hybridized carbons (Fsp3) is 0.179. The molecular weight excluding hydrogens is 526 g/mol. The summed E-state index contributed by atoms with van der Waals surface area (Å²) in [6.07, 6.45) is 0.561. The Balaban J connectivity index is 1.72. The molecule has 0 bridgehead atoms. The van der Waals surface area contributed by atoms with Crippen molar-refractivity contribution in [2.24, 2.45) is 5.10 Å². The number of hydrogen-bond acceptors (Lipinski definition) is 4. The van der Waals surface area contributed by atoms with Crippen LogP contribution in [0.15, 0.2) is 82.4 Å². The number of carbonyl (C=O) groups excluding carboxylic acids is 1. The Labute approximate surface area is 217 Å². The van der Waals surface area contributed by atoms with Gasteiger partial charge in [-0.15, -0.1) is 0 Å². The van der Waals surface area contributed by atoms with Gasteiger partial charge in [0.1, 0.15) is 6.61 Å². The van der Waals surface area contributed by atoms with Gasteiger partial charge in [-0.1, -0.05) is 70.0 Å². The van der Waals surface area contributed by atoms with Crippen molar-refractivity contribution in [3.8, 4) is 11.1 Å². The van der Waals surface area contributed by atoms with Crippen LogP contribution in [0.5, 0.6) is 0 Å². The zero-order valence-corrected chi connectivity index (χ0v) is 21.7. The summed E-state index contributed by atoms with van der Waals surface area (Å²) in [5.41, 5.74) is 6.54. The summed E-state index contributed by atoms with van der Waals surface area (Å²) < 4.78 is 6.13. The minimum Gasteiger partial charge on any atom is -0.375 e. The second kappa shape index (κ2) is 9.90. The van der Waals surface area contributed by atoms with Crippen molar-refractivity contribution in [2.75, 3.05) is 13.7 Å². The molecule has 35 heavy (non-hydrogen) atoms. The van der Waals surface area contributed by atoms with Crippen LogP contribution in [0, 0.1) is 6.92 Å². The van der Waals surface area contributed by atoms with Crippen molar-refractivity contribution in [3.63, 3.8) is 0 Å². The number of ether oxygens (including phenoxy) is 1. The highest BCUT2D eigenvalue weighted by molar-refractivity contribution is 9.10. The van der Waals surface area contributed by atoms with E-state index in [1.807, 2.05) is 67.6 Å². The van der Waals surface area contributed by atoms with Gasteiger partial charge in [0, 0.05) is 45.2 Å². The van der Waals surface area contributed by atoms with E-state index < -0.39 is 0 Å². The second-order valence-corrected chi connectivity index (χ2v) is 9.82. The van der Waals surface area contributed by atoms with E-state index in [-0.39, 0.29) is 18.6 Å². The zero-order chi connectivity index (χ0) is 24.5.